The Hall–Kier alpha value is -0.430. The molecule has 4 nitrogen and oxygen atoms in total. The van der Waals surface area contributed by atoms with Crippen LogP contribution in [0, 0.1) is 11.8 Å². The van der Waals surface area contributed by atoms with Crippen molar-refractivity contribution in [3.8, 4) is 0 Å². The summed E-state index contributed by atoms with van der Waals surface area (Å²) < 4.78 is 27.0. The van der Waals surface area contributed by atoms with Gasteiger partial charge < -0.3 is 5.11 Å². The zero-order chi connectivity index (χ0) is 14.6. The summed E-state index contributed by atoms with van der Waals surface area (Å²) in [6.45, 7) is 2.65. The number of thiophene rings is 1. The summed E-state index contributed by atoms with van der Waals surface area (Å²) in [6.07, 6.45) is 5.91. The molecule has 0 atom stereocenters. The second-order valence-electron chi connectivity index (χ2n) is 5.55. The minimum atomic E-state index is -3.42. The van der Waals surface area contributed by atoms with Crippen LogP contribution in [0.3, 0.4) is 0 Å². The van der Waals surface area contributed by atoms with Crippen LogP contribution in [-0.2, 0) is 16.6 Å². The first-order chi connectivity index (χ1) is 9.55. The predicted molar refractivity (Wildman–Crippen MR) is 81.2 cm³/mol. The van der Waals surface area contributed by atoms with E-state index < -0.39 is 10.0 Å². The molecule has 1 aromatic rings. The zero-order valence-electron chi connectivity index (χ0n) is 11.8. The number of nitrogens with one attached hydrogen (secondary N) is 1. The van der Waals surface area contributed by atoms with E-state index in [-0.39, 0.29) is 11.5 Å². The van der Waals surface area contributed by atoms with Gasteiger partial charge in [-0.05, 0) is 30.7 Å². The maximum atomic E-state index is 12.1. The molecule has 0 unspecified atom stereocenters. The average molecular weight is 317 g/mol. The van der Waals surface area contributed by atoms with Crippen LogP contribution in [0.5, 0.6) is 0 Å². The van der Waals surface area contributed by atoms with Crippen LogP contribution in [0.15, 0.2) is 16.3 Å². The standard InChI is InChI=1S/C14H23NO3S2/c1-2-11-3-5-12(6-4-11)8-15-20(17,18)14-7-13(9-16)19-10-14/h7,10-12,15-16H,2-6,8-9H2,1H3. The monoisotopic (exact) mass is 317 g/mol. The van der Waals surface area contributed by atoms with Gasteiger partial charge in [0, 0.05) is 16.8 Å². The lowest BCUT2D eigenvalue weighted by atomic mass is 9.81. The Bertz CT molecular complexity index is 516. The Morgan fingerprint density at radius 2 is 1.95 bits per heavy atom. The summed E-state index contributed by atoms with van der Waals surface area (Å²) in [7, 11) is -3.42. The molecule has 2 rings (SSSR count). The summed E-state index contributed by atoms with van der Waals surface area (Å²) in [4.78, 5) is 0.947. The summed E-state index contributed by atoms with van der Waals surface area (Å²) in [5.74, 6) is 1.29. The minimum Gasteiger partial charge on any atom is -0.391 e. The third-order valence-corrected chi connectivity index (χ3v) is 6.68. The lowest BCUT2D eigenvalue weighted by Gasteiger charge is -2.27. The smallest absolute Gasteiger partial charge is 0.241 e. The minimum absolute atomic E-state index is 0.110. The van der Waals surface area contributed by atoms with Gasteiger partial charge in [-0.3, -0.25) is 0 Å². The Labute approximate surface area is 125 Å². The summed E-state index contributed by atoms with van der Waals surface area (Å²) in [5.41, 5.74) is 0. The molecule has 0 saturated heterocycles. The van der Waals surface area contributed by atoms with Gasteiger partial charge in [0.25, 0.3) is 0 Å². The van der Waals surface area contributed by atoms with Crippen LogP contribution < -0.4 is 4.72 Å². The van der Waals surface area contributed by atoms with Gasteiger partial charge in [0.15, 0.2) is 0 Å². The molecule has 1 aliphatic rings. The Kier molecular flexibility index (Phi) is 5.60. The van der Waals surface area contributed by atoms with Crippen molar-refractivity contribution >= 4 is 21.4 Å². The number of aliphatic hydroxyl groups is 1. The van der Waals surface area contributed by atoms with E-state index in [0.29, 0.717) is 17.3 Å². The Morgan fingerprint density at radius 1 is 1.30 bits per heavy atom. The highest BCUT2D eigenvalue weighted by molar-refractivity contribution is 7.89. The molecule has 0 aliphatic heterocycles. The zero-order valence-corrected chi connectivity index (χ0v) is 13.5. The normalized spacial score (nSPS) is 23.9. The molecule has 1 aliphatic carbocycles. The van der Waals surface area contributed by atoms with E-state index in [9.17, 15) is 8.42 Å². The van der Waals surface area contributed by atoms with Crippen molar-refractivity contribution in [1.29, 1.82) is 0 Å². The van der Waals surface area contributed by atoms with Gasteiger partial charge in [-0.15, -0.1) is 11.3 Å². The van der Waals surface area contributed by atoms with Crippen LogP contribution in [0.1, 0.15) is 43.9 Å². The maximum absolute atomic E-state index is 12.1. The van der Waals surface area contributed by atoms with Gasteiger partial charge in [0.1, 0.15) is 0 Å². The van der Waals surface area contributed by atoms with Crippen molar-refractivity contribution in [2.45, 2.75) is 50.5 Å². The molecule has 0 radical (unpaired) electrons. The first kappa shape index (κ1) is 15.9. The van der Waals surface area contributed by atoms with Crippen molar-refractivity contribution in [2.24, 2.45) is 11.8 Å². The summed E-state index contributed by atoms with van der Waals surface area (Å²) in [6, 6.07) is 1.54. The molecule has 20 heavy (non-hydrogen) atoms. The number of hydrogen-bond acceptors (Lipinski definition) is 4. The van der Waals surface area contributed by atoms with Gasteiger partial charge in [-0.1, -0.05) is 26.2 Å². The van der Waals surface area contributed by atoms with Gasteiger partial charge in [-0.2, -0.15) is 0 Å². The largest absolute Gasteiger partial charge is 0.391 e. The van der Waals surface area contributed by atoms with E-state index in [0.717, 1.165) is 18.8 Å². The average Bonchev–Trinajstić information content (AvgIpc) is 2.95. The molecule has 0 aromatic carbocycles. The molecule has 1 saturated carbocycles. The fourth-order valence-corrected chi connectivity index (χ4v) is 4.99. The Balaban J connectivity index is 1.87. The summed E-state index contributed by atoms with van der Waals surface area (Å²) >= 11 is 1.27. The SMILES string of the molecule is CCC1CCC(CNS(=O)(=O)c2csc(CO)c2)CC1. The van der Waals surface area contributed by atoms with Gasteiger partial charge in [0.05, 0.1) is 11.5 Å². The number of aliphatic hydroxyl groups excluding tert-OH is 1. The van der Waals surface area contributed by atoms with E-state index in [1.807, 2.05) is 0 Å². The molecule has 0 spiro atoms. The van der Waals surface area contributed by atoms with Crippen LogP contribution >= 0.6 is 11.3 Å². The second-order valence-corrected chi connectivity index (χ2v) is 8.32. The molecule has 1 heterocycles. The molecular formula is C14H23NO3S2. The molecular weight excluding hydrogens is 294 g/mol. The quantitative estimate of drug-likeness (QED) is 0.848. The van der Waals surface area contributed by atoms with E-state index >= 15 is 0 Å². The second kappa shape index (κ2) is 7.02. The first-order valence-electron chi connectivity index (χ1n) is 7.23. The van der Waals surface area contributed by atoms with Crippen molar-refractivity contribution in [2.75, 3.05) is 6.54 Å². The number of rotatable bonds is 6. The molecule has 114 valence electrons. The van der Waals surface area contributed by atoms with Crippen LogP contribution in [0.4, 0.5) is 0 Å². The fraction of sp³-hybridized carbons (Fsp3) is 0.714. The third kappa shape index (κ3) is 4.04. The van der Waals surface area contributed by atoms with Crippen molar-refractivity contribution in [3.63, 3.8) is 0 Å². The van der Waals surface area contributed by atoms with Crippen molar-refractivity contribution in [3.05, 3.63) is 16.3 Å². The number of hydrogen-bond donors (Lipinski definition) is 2. The van der Waals surface area contributed by atoms with Gasteiger partial charge in [0.2, 0.25) is 10.0 Å². The van der Waals surface area contributed by atoms with E-state index in [1.54, 1.807) is 11.4 Å². The first-order valence-corrected chi connectivity index (χ1v) is 9.59. The molecule has 1 aromatic heterocycles. The highest BCUT2D eigenvalue weighted by atomic mass is 32.2. The van der Waals surface area contributed by atoms with Gasteiger partial charge in [-0.25, -0.2) is 13.1 Å². The molecule has 1 fully saturated rings. The molecule has 0 amide bonds. The van der Waals surface area contributed by atoms with E-state index in [4.69, 9.17) is 5.11 Å². The van der Waals surface area contributed by atoms with Crippen LogP contribution in [0.25, 0.3) is 0 Å². The fourth-order valence-electron chi connectivity index (χ4n) is 2.74. The number of sulfonamides is 1. The molecule has 6 heteroatoms. The maximum Gasteiger partial charge on any atom is 0.241 e. The van der Waals surface area contributed by atoms with E-state index in [1.165, 1.54) is 30.6 Å². The lowest BCUT2D eigenvalue weighted by Crippen LogP contribution is -2.31. The third-order valence-electron chi connectivity index (χ3n) is 4.20. The Morgan fingerprint density at radius 3 is 2.50 bits per heavy atom. The van der Waals surface area contributed by atoms with Crippen molar-refractivity contribution in [1.82, 2.24) is 4.72 Å². The topological polar surface area (TPSA) is 66.4 Å². The summed E-state index contributed by atoms with van der Waals surface area (Å²) in [5, 5.41) is 10.6. The van der Waals surface area contributed by atoms with Crippen LogP contribution in [-0.4, -0.2) is 20.1 Å². The highest BCUT2D eigenvalue weighted by Crippen LogP contribution is 2.30. The lowest BCUT2D eigenvalue weighted by molar-refractivity contribution is 0.270. The van der Waals surface area contributed by atoms with E-state index in [2.05, 4.69) is 11.6 Å². The molecule has 0 bridgehead atoms. The highest BCUT2D eigenvalue weighted by Gasteiger charge is 2.22. The molecule has 2 N–H and O–H groups in total. The predicted octanol–water partition coefficient (Wildman–Crippen LogP) is 2.74. The van der Waals surface area contributed by atoms with Gasteiger partial charge >= 0.3 is 0 Å². The van der Waals surface area contributed by atoms with Crippen molar-refractivity contribution < 1.29 is 13.5 Å². The van der Waals surface area contributed by atoms with Crippen LogP contribution in [0.2, 0.25) is 0 Å².